The fourth-order valence-corrected chi connectivity index (χ4v) is 0.545. The molecular formula is C6H9NO4S. The van der Waals surface area contributed by atoms with Crippen LogP contribution in [0.4, 0.5) is 0 Å². The summed E-state index contributed by atoms with van der Waals surface area (Å²) in [6.07, 6.45) is 0. The lowest BCUT2D eigenvalue weighted by molar-refractivity contribution is -0.139. The summed E-state index contributed by atoms with van der Waals surface area (Å²) in [5, 5.41) is 2.37. The van der Waals surface area contributed by atoms with Gasteiger partial charge >= 0.3 is 11.9 Å². The Labute approximate surface area is 75.0 Å². The molecule has 0 aliphatic carbocycles. The molecule has 0 aliphatic heterocycles. The molecule has 68 valence electrons. The van der Waals surface area contributed by atoms with Gasteiger partial charge in [0.1, 0.15) is 6.54 Å². The van der Waals surface area contributed by atoms with Crippen molar-refractivity contribution in [1.82, 2.24) is 5.32 Å². The zero-order valence-corrected chi connectivity index (χ0v) is 7.56. The van der Waals surface area contributed by atoms with Gasteiger partial charge in [-0.15, -0.1) is 0 Å². The Morgan fingerprint density at radius 2 is 1.92 bits per heavy atom. The van der Waals surface area contributed by atoms with Crippen LogP contribution in [-0.2, 0) is 19.1 Å². The molecular weight excluding hydrogens is 182 g/mol. The number of carbonyl (C=O) groups is 2. The first-order valence-corrected chi connectivity index (χ1v) is 3.45. The lowest BCUT2D eigenvalue weighted by Crippen LogP contribution is -2.34. The van der Waals surface area contributed by atoms with Crippen LogP contribution < -0.4 is 5.32 Å². The van der Waals surface area contributed by atoms with E-state index in [1.165, 1.54) is 14.2 Å². The second-order valence-electron chi connectivity index (χ2n) is 1.75. The minimum absolute atomic E-state index is 0.134. The van der Waals surface area contributed by atoms with Gasteiger partial charge in [0, 0.05) is 0 Å². The van der Waals surface area contributed by atoms with Crippen molar-refractivity contribution in [3.63, 3.8) is 0 Å². The zero-order valence-electron chi connectivity index (χ0n) is 6.75. The third-order valence-electron chi connectivity index (χ3n) is 0.992. The Balaban J connectivity index is 3.72. The molecule has 0 rings (SSSR count). The molecule has 0 atom stereocenters. The van der Waals surface area contributed by atoms with Gasteiger partial charge in [-0.2, -0.15) is 0 Å². The van der Waals surface area contributed by atoms with Crippen LogP contribution in [0.1, 0.15) is 0 Å². The molecule has 0 spiro atoms. The van der Waals surface area contributed by atoms with Crippen molar-refractivity contribution in [1.29, 1.82) is 0 Å². The van der Waals surface area contributed by atoms with E-state index < -0.39 is 11.9 Å². The summed E-state index contributed by atoms with van der Waals surface area (Å²) in [5.74, 6) is -1.17. The van der Waals surface area contributed by atoms with Gasteiger partial charge in [0.2, 0.25) is 0 Å². The quantitative estimate of drug-likeness (QED) is 0.457. The van der Waals surface area contributed by atoms with Gasteiger partial charge in [0.05, 0.1) is 14.2 Å². The van der Waals surface area contributed by atoms with Crippen LogP contribution in [0.5, 0.6) is 0 Å². The molecule has 0 aromatic heterocycles. The third kappa shape index (κ3) is 3.87. The highest BCUT2D eigenvalue weighted by Crippen LogP contribution is 1.78. The summed E-state index contributed by atoms with van der Waals surface area (Å²) in [6.45, 7) is -0.134. The van der Waals surface area contributed by atoms with Crippen LogP contribution in [0.25, 0.3) is 0 Å². The molecule has 0 fully saturated rings. The molecule has 0 amide bonds. The van der Waals surface area contributed by atoms with Gasteiger partial charge in [0.15, 0.2) is 4.99 Å². The van der Waals surface area contributed by atoms with E-state index in [0.29, 0.717) is 0 Å². The molecule has 0 aromatic carbocycles. The number of nitrogens with one attached hydrogen (secondary N) is 1. The topological polar surface area (TPSA) is 64.6 Å². The highest BCUT2D eigenvalue weighted by Gasteiger charge is 2.09. The van der Waals surface area contributed by atoms with Crippen LogP contribution in [-0.4, -0.2) is 37.7 Å². The SMILES string of the molecule is COC(=O)CNC(=S)C(=O)OC. The Hall–Kier alpha value is -1.17. The monoisotopic (exact) mass is 191 g/mol. The highest BCUT2D eigenvalue weighted by molar-refractivity contribution is 7.81. The molecule has 0 saturated carbocycles. The number of esters is 2. The maximum absolute atomic E-state index is 10.6. The Morgan fingerprint density at radius 1 is 1.33 bits per heavy atom. The van der Waals surface area contributed by atoms with Gasteiger partial charge in [-0.05, 0) is 0 Å². The summed E-state index contributed by atoms with van der Waals surface area (Å²) in [7, 11) is 2.44. The molecule has 0 bridgehead atoms. The van der Waals surface area contributed by atoms with E-state index in [1.807, 2.05) is 0 Å². The molecule has 0 heterocycles. The molecule has 0 saturated heterocycles. The van der Waals surface area contributed by atoms with Crippen LogP contribution in [0.15, 0.2) is 0 Å². The molecule has 6 heteroatoms. The zero-order chi connectivity index (χ0) is 9.56. The van der Waals surface area contributed by atoms with E-state index in [9.17, 15) is 9.59 Å². The first kappa shape index (κ1) is 10.8. The highest BCUT2D eigenvalue weighted by atomic mass is 32.1. The van der Waals surface area contributed by atoms with Crippen molar-refractivity contribution < 1.29 is 19.1 Å². The largest absolute Gasteiger partial charge is 0.468 e. The van der Waals surface area contributed by atoms with Crippen molar-refractivity contribution in [2.75, 3.05) is 20.8 Å². The van der Waals surface area contributed by atoms with Crippen LogP contribution in [0.2, 0.25) is 0 Å². The molecule has 0 aromatic rings. The fourth-order valence-electron chi connectivity index (χ4n) is 0.389. The number of rotatable bonds is 2. The van der Waals surface area contributed by atoms with E-state index in [2.05, 4.69) is 27.0 Å². The lowest BCUT2D eigenvalue weighted by Gasteiger charge is -2.03. The lowest BCUT2D eigenvalue weighted by atomic mass is 10.6. The molecule has 5 nitrogen and oxygen atoms in total. The number of hydrogen-bond acceptors (Lipinski definition) is 5. The summed E-state index contributed by atoms with van der Waals surface area (Å²) in [6, 6.07) is 0. The number of methoxy groups -OCH3 is 2. The first-order valence-electron chi connectivity index (χ1n) is 3.04. The maximum Gasteiger partial charge on any atom is 0.365 e. The molecule has 0 radical (unpaired) electrons. The van der Waals surface area contributed by atoms with Gasteiger partial charge < -0.3 is 14.8 Å². The van der Waals surface area contributed by atoms with E-state index >= 15 is 0 Å². The van der Waals surface area contributed by atoms with Crippen molar-refractivity contribution >= 4 is 29.1 Å². The summed E-state index contributed by atoms with van der Waals surface area (Å²) in [5.41, 5.74) is 0. The summed E-state index contributed by atoms with van der Waals surface area (Å²) < 4.78 is 8.58. The van der Waals surface area contributed by atoms with Crippen molar-refractivity contribution in [2.24, 2.45) is 0 Å². The fraction of sp³-hybridized carbons (Fsp3) is 0.500. The normalized spacial score (nSPS) is 8.50. The average Bonchev–Trinajstić information content (AvgIpc) is 2.11. The van der Waals surface area contributed by atoms with E-state index in [0.717, 1.165) is 0 Å². The van der Waals surface area contributed by atoms with Crippen molar-refractivity contribution in [3.05, 3.63) is 0 Å². The van der Waals surface area contributed by atoms with E-state index in [4.69, 9.17) is 0 Å². The van der Waals surface area contributed by atoms with Gasteiger partial charge in [-0.25, -0.2) is 4.79 Å². The van der Waals surface area contributed by atoms with Crippen molar-refractivity contribution in [3.8, 4) is 0 Å². The summed E-state index contributed by atoms with van der Waals surface area (Å²) >= 11 is 4.55. The number of thiocarbonyl (C=S) groups is 1. The molecule has 0 aliphatic rings. The smallest absolute Gasteiger partial charge is 0.365 e. The predicted molar refractivity (Wildman–Crippen MR) is 44.6 cm³/mol. The Kier molecular flexibility index (Phi) is 4.94. The minimum Gasteiger partial charge on any atom is -0.468 e. The average molecular weight is 191 g/mol. The standard InChI is InChI=1S/C6H9NO4S/c1-10-4(8)3-7-5(12)6(9)11-2/h3H2,1-2H3,(H,7,12). The third-order valence-corrected chi connectivity index (χ3v) is 1.30. The second kappa shape index (κ2) is 5.48. The van der Waals surface area contributed by atoms with Crippen molar-refractivity contribution in [2.45, 2.75) is 0 Å². The number of ether oxygens (including phenoxy) is 2. The Morgan fingerprint density at radius 3 is 2.33 bits per heavy atom. The first-order chi connectivity index (χ1) is 5.61. The van der Waals surface area contributed by atoms with Gasteiger partial charge in [-0.3, -0.25) is 4.79 Å². The molecule has 1 N–H and O–H groups in total. The number of carbonyl (C=O) groups excluding carboxylic acids is 2. The second-order valence-corrected chi connectivity index (χ2v) is 2.16. The van der Waals surface area contributed by atoms with Crippen LogP contribution in [0.3, 0.4) is 0 Å². The minimum atomic E-state index is -0.672. The van der Waals surface area contributed by atoms with Gasteiger partial charge in [-0.1, -0.05) is 12.2 Å². The van der Waals surface area contributed by atoms with E-state index in [1.54, 1.807) is 0 Å². The molecule has 0 unspecified atom stereocenters. The number of hydrogen-bond donors (Lipinski definition) is 1. The van der Waals surface area contributed by atoms with E-state index in [-0.39, 0.29) is 11.5 Å². The Bertz CT molecular complexity index is 204. The van der Waals surface area contributed by atoms with Crippen LogP contribution in [0, 0.1) is 0 Å². The maximum atomic E-state index is 10.6. The van der Waals surface area contributed by atoms with Crippen LogP contribution >= 0.6 is 12.2 Å². The predicted octanol–water partition coefficient (Wildman–Crippen LogP) is -0.751. The summed E-state index contributed by atoms with van der Waals surface area (Å²) in [4.78, 5) is 21.0. The molecule has 12 heavy (non-hydrogen) atoms. The van der Waals surface area contributed by atoms with Gasteiger partial charge in [0.25, 0.3) is 0 Å².